The Hall–Kier alpha value is -1.61. The van der Waals surface area contributed by atoms with Gasteiger partial charge in [-0.3, -0.25) is 4.68 Å². The van der Waals surface area contributed by atoms with E-state index in [0.717, 1.165) is 12.2 Å². The summed E-state index contributed by atoms with van der Waals surface area (Å²) >= 11 is 0. The number of hydrogen-bond acceptors (Lipinski definition) is 2. The maximum absolute atomic E-state index is 5.88. The summed E-state index contributed by atoms with van der Waals surface area (Å²) in [5.74, 6) is 1.11. The van der Waals surface area contributed by atoms with Gasteiger partial charge in [0.15, 0.2) is 0 Å². The Balaban J connectivity index is 1.96. The summed E-state index contributed by atoms with van der Waals surface area (Å²) in [6, 6.07) is 12.6. The van der Waals surface area contributed by atoms with Crippen molar-refractivity contribution in [2.45, 2.75) is 19.8 Å². The smallest absolute Gasteiger partial charge is 0.0926 e. The lowest BCUT2D eigenvalue weighted by Crippen LogP contribution is -2.05. The van der Waals surface area contributed by atoms with E-state index in [9.17, 15) is 0 Å². The van der Waals surface area contributed by atoms with E-state index < -0.39 is 0 Å². The summed E-state index contributed by atoms with van der Waals surface area (Å²) in [6.07, 6.45) is 0. The molecular weight excluding hydrogens is 234 g/mol. The molecule has 1 aliphatic rings. The van der Waals surface area contributed by atoms with Gasteiger partial charge >= 0.3 is 0 Å². The van der Waals surface area contributed by atoms with Crippen LogP contribution in [0.15, 0.2) is 36.4 Å². The van der Waals surface area contributed by atoms with Crippen LogP contribution in [0.25, 0.3) is 11.3 Å². The number of nitrogens with two attached hydrogens (primary N) is 1. The zero-order valence-corrected chi connectivity index (χ0v) is 11.8. The van der Waals surface area contributed by atoms with Gasteiger partial charge < -0.3 is 5.73 Å². The first kappa shape index (κ1) is 12.4. The van der Waals surface area contributed by atoms with Crippen LogP contribution in [0.1, 0.15) is 25.5 Å². The molecule has 3 heteroatoms. The highest BCUT2D eigenvalue weighted by Gasteiger charge is 2.58. The molecule has 19 heavy (non-hydrogen) atoms. The van der Waals surface area contributed by atoms with Gasteiger partial charge in [-0.2, -0.15) is 5.10 Å². The Kier molecular flexibility index (Phi) is 2.75. The third-order valence-corrected chi connectivity index (χ3v) is 4.61. The topological polar surface area (TPSA) is 43.8 Å². The van der Waals surface area contributed by atoms with E-state index in [1.165, 1.54) is 11.3 Å². The van der Waals surface area contributed by atoms with Gasteiger partial charge in [0, 0.05) is 24.2 Å². The molecule has 3 rings (SSSR count). The zero-order valence-electron chi connectivity index (χ0n) is 11.8. The Labute approximate surface area is 114 Å². The predicted octanol–water partition coefficient (Wildman–Crippen LogP) is 2.79. The molecule has 1 fully saturated rings. The van der Waals surface area contributed by atoms with E-state index in [-0.39, 0.29) is 0 Å². The van der Waals surface area contributed by atoms with E-state index >= 15 is 0 Å². The van der Waals surface area contributed by atoms with Crippen molar-refractivity contribution in [3.63, 3.8) is 0 Å². The first-order valence-corrected chi connectivity index (χ1v) is 6.85. The number of benzene rings is 1. The molecule has 2 aromatic rings. The van der Waals surface area contributed by atoms with Crippen molar-refractivity contribution < 1.29 is 0 Å². The second kappa shape index (κ2) is 4.20. The average molecular weight is 255 g/mol. The van der Waals surface area contributed by atoms with Crippen molar-refractivity contribution in [1.29, 1.82) is 0 Å². The Morgan fingerprint density at radius 1 is 1.26 bits per heavy atom. The molecule has 1 aromatic heterocycles. The number of rotatable bonds is 3. The molecular formula is C16H21N3. The van der Waals surface area contributed by atoms with Crippen molar-refractivity contribution in [2.24, 2.45) is 24.1 Å². The van der Waals surface area contributed by atoms with E-state index in [1.54, 1.807) is 0 Å². The van der Waals surface area contributed by atoms with Crippen LogP contribution in [0.5, 0.6) is 0 Å². The average Bonchev–Trinajstić information content (AvgIpc) is 2.75. The monoisotopic (exact) mass is 255 g/mol. The summed E-state index contributed by atoms with van der Waals surface area (Å²) < 4.78 is 2.02. The SMILES string of the molecule is Cn1nc(-c2ccccc2)cc1[C@@H]1[C@@H](CN)C1(C)C. The Morgan fingerprint density at radius 3 is 2.53 bits per heavy atom. The van der Waals surface area contributed by atoms with Gasteiger partial charge in [-0.15, -0.1) is 0 Å². The van der Waals surface area contributed by atoms with Crippen LogP contribution in [0.4, 0.5) is 0 Å². The molecule has 0 aliphatic heterocycles. The second-order valence-electron chi connectivity index (χ2n) is 6.09. The molecule has 2 N–H and O–H groups in total. The van der Waals surface area contributed by atoms with Crippen LogP contribution >= 0.6 is 0 Å². The lowest BCUT2D eigenvalue weighted by atomic mass is 10.1. The van der Waals surface area contributed by atoms with Crippen molar-refractivity contribution in [1.82, 2.24) is 9.78 Å². The molecule has 100 valence electrons. The Morgan fingerprint density at radius 2 is 1.95 bits per heavy atom. The summed E-state index contributed by atoms with van der Waals surface area (Å²) in [4.78, 5) is 0. The van der Waals surface area contributed by atoms with Crippen LogP contribution in [0.3, 0.4) is 0 Å². The highest BCUT2D eigenvalue weighted by atomic mass is 15.3. The molecule has 0 amide bonds. The van der Waals surface area contributed by atoms with Gasteiger partial charge in [0.25, 0.3) is 0 Å². The minimum atomic E-state index is 0.302. The normalized spacial score (nSPS) is 24.4. The first-order chi connectivity index (χ1) is 9.05. The summed E-state index contributed by atoms with van der Waals surface area (Å²) in [5.41, 5.74) is 9.71. The fourth-order valence-corrected chi connectivity index (χ4v) is 3.29. The third-order valence-electron chi connectivity index (χ3n) is 4.61. The number of aromatic nitrogens is 2. The van der Waals surface area contributed by atoms with Crippen LogP contribution < -0.4 is 5.73 Å². The largest absolute Gasteiger partial charge is 0.330 e. The third kappa shape index (κ3) is 1.89. The molecule has 0 unspecified atom stereocenters. The lowest BCUT2D eigenvalue weighted by Gasteiger charge is -2.02. The molecule has 1 saturated carbocycles. The van der Waals surface area contributed by atoms with Crippen molar-refractivity contribution in [2.75, 3.05) is 6.54 Å². The van der Waals surface area contributed by atoms with Crippen LogP contribution in [-0.2, 0) is 7.05 Å². The molecule has 1 aromatic carbocycles. The van der Waals surface area contributed by atoms with E-state index in [2.05, 4.69) is 37.1 Å². The minimum absolute atomic E-state index is 0.302. The van der Waals surface area contributed by atoms with Gasteiger partial charge in [-0.05, 0) is 23.9 Å². The summed E-state index contributed by atoms with van der Waals surface area (Å²) in [5, 5.41) is 4.65. The van der Waals surface area contributed by atoms with Gasteiger partial charge in [-0.25, -0.2) is 0 Å². The molecule has 3 nitrogen and oxygen atoms in total. The van der Waals surface area contributed by atoms with Crippen LogP contribution in [0.2, 0.25) is 0 Å². The van der Waals surface area contributed by atoms with E-state index in [0.29, 0.717) is 17.3 Å². The number of hydrogen-bond donors (Lipinski definition) is 1. The maximum Gasteiger partial charge on any atom is 0.0926 e. The Bertz CT molecular complexity index is 583. The van der Waals surface area contributed by atoms with Gasteiger partial charge in [0.05, 0.1) is 5.69 Å². The van der Waals surface area contributed by atoms with Crippen LogP contribution in [0, 0.1) is 11.3 Å². The fourth-order valence-electron chi connectivity index (χ4n) is 3.29. The second-order valence-corrected chi connectivity index (χ2v) is 6.09. The molecule has 1 aliphatic carbocycles. The molecule has 0 saturated heterocycles. The maximum atomic E-state index is 5.88. The molecule has 0 radical (unpaired) electrons. The molecule has 1 heterocycles. The minimum Gasteiger partial charge on any atom is -0.330 e. The summed E-state index contributed by atoms with van der Waals surface area (Å²) in [7, 11) is 2.03. The zero-order chi connectivity index (χ0) is 13.6. The summed E-state index contributed by atoms with van der Waals surface area (Å²) in [6.45, 7) is 5.35. The first-order valence-electron chi connectivity index (χ1n) is 6.85. The molecule has 0 bridgehead atoms. The van der Waals surface area contributed by atoms with Gasteiger partial charge in [0.2, 0.25) is 0 Å². The van der Waals surface area contributed by atoms with E-state index in [4.69, 9.17) is 5.73 Å². The lowest BCUT2D eigenvalue weighted by molar-refractivity contribution is 0.553. The van der Waals surface area contributed by atoms with Gasteiger partial charge in [0.1, 0.15) is 0 Å². The molecule has 0 spiro atoms. The highest BCUT2D eigenvalue weighted by molar-refractivity contribution is 5.59. The standard InChI is InChI=1S/C16H21N3/c1-16(2)12(10-17)15(16)14-9-13(18-19(14)3)11-7-5-4-6-8-11/h4-9,12,15H,10,17H2,1-3H3/t12-,15+/m1/s1. The quantitative estimate of drug-likeness (QED) is 0.916. The number of aryl methyl sites for hydroxylation is 1. The van der Waals surface area contributed by atoms with Crippen molar-refractivity contribution in [3.05, 3.63) is 42.1 Å². The van der Waals surface area contributed by atoms with E-state index in [1.807, 2.05) is 29.9 Å². The number of nitrogens with zero attached hydrogens (tertiary/aromatic N) is 2. The van der Waals surface area contributed by atoms with Crippen molar-refractivity contribution >= 4 is 0 Å². The fraction of sp³-hybridized carbons (Fsp3) is 0.438. The molecule has 2 atom stereocenters. The van der Waals surface area contributed by atoms with Crippen LogP contribution in [-0.4, -0.2) is 16.3 Å². The highest BCUT2D eigenvalue weighted by Crippen LogP contribution is 2.63. The van der Waals surface area contributed by atoms with Crippen molar-refractivity contribution in [3.8, 4) is 11.3 Å². The van der Waals surface area contributed by atoms with Gasteiger partial charge in [-0.1, -0.05) is 44.2 Å². The predicted molar refractivity (Wildman–Crippen MR) is 77.7 cm³/mol.